The van der Waals surface area contributed by atoms with Gasteiger partial charge in [-0.2, -0.15) is 4.98 Å². The zero-order valence-electron chi connectivity index (χ0n) is 18.2. The molecular weight excluding hydrogens is 430 g/mol. The van der Waals surface area contributed by atoms with E-state index in [1.807, 2.05) is 61.5 Å². The number of carboxylic acid groups (broad SMARTS) is 1. The molecule has 5 rings (SSSR count). The molecular formula is C27H19N3O4. The highest BCUT2D eigenvalue weighted by Gasteiger charge is 2.15. The molecule has 5 aromatic rings. The van der Waals surface area contributed by atoms with Gasteiger partial charge in [-0.25, -0.2) is 9.79 Å². The molecule has 0 saturated carbocycles. The Bertz CT molecular complexity index is 1590. The maximum atomic E-state index is 10.8. The first-order valence-corrected chi connectivity index (χ1v) is 10.5. The van der Waals surface area contributed by atoms with Crippen molar-refractivity contribution in [3.63, 3.8) is 0 Å². The average Bonchev–Trinajstić information content (AvgIpc) is 3.33. The number of carboxylic acids is 1. The lowest BCUT2D eigenvalue weighted by Gasteiger charge is -2.02. The second-order valence-electron chi connectivity index (χ2n) is 7.67. The zero-order valence-corrected chi connectivity index (χ0v) is 18.2. The topological polar surface area (TPSA) is 102 Å². The molecule has 7 heteroatoms. The highest BCUT2D eigenvalue weighted by molar-refractivity contribution is 5.85. The Morgan fingerprint density at radius 1 is 1.00 bits per heavy atom. The van der Waals surface area contributed by atoms with Crippen LogP contribution in [0.15, 0.2) is 98.9 Å². The van der Waals surface area contributed by atoms with Gasteiger partial charge in [0.1, 0.15) is 11.1 Å². The lowest BCUT2D eigenvalue weighted by molar-refractivity contribution is -0.131. The van der Waals surface area contributed by atoms with E-state index in [0.717, 1.165) is 22.6 Å². The maximum Gasteiger partial charge on any atom is 0.328 e. The summed E-state index contributed by atoms with van der Waals surface area (Å²) in [6.07, 6.45) is 2.58. The van der Waals surface area contributed by atoms with Crippen LogP contribution < -0.4 is 5.55 Å². The van der Waals surface area contributed by atoms with Crippen molar-refractivity contribution < 1.29 is 18.8 Å². The molecule has 2 heterocycles. The number of carbonyl (C=O) groups is 1. The van der Waals surface area contributed by atoms with Crippen LogP contribution in [0.25, 0.3) is 39.9 Å². The van der Waals surface area contributed by atoms with Crippen molar-refractivity contribution in [3.05, 3.63) is 102 Å². The van der Waals surface area contributed by atoms with E-state index < -0.39 is 5.97 Å². The van der Waals surface area contributed by atoms with Crippen molar-refractivity contribution in [2.24, 2.45) is 4.99 Å². The number of aryl methyl sites for hydroxylation is 1. The van der Waals surface area contributed by atoms with Gasteiger partial charge in [-0.05, 0) is 42.8 Å². The minimum atomic E-state index is -1.02. The third kappa shape index (κ3) is 4.54. The first-order chi connectivity index (χ1) is 16.5. The summed E-state index contributed by atoms with van der Waals surface area (Å²) in [5.74, 6) is -0.268. The maximum absolute atomic E-state index is 10.8. The molecule has 0 aliphatic heterocycles. The molecule has 3 aromatic carbocycles. The molecule has 7 nitrogen and oxygen atoms in total. The van der Waals surface area contributed by atoms with Gasteiger partial charge in [-0.1, -0.05) is 65.3 Å². The van der Waals surface area contributed by atoms with Gasteiger partial charge in [-0.15, -0.1) is 0 Å². The molecule has 0 aliphatic rings. The number of para-hydroxylation sites is 1. The van der Waals surface area contributed by atoms with Crippen LogP contribution in [-0.2, 0) is 4.79 Å². The Labute approximate surface area is 194 Å². The summed E-state index contributed by atoms with van der Waals surface area (Å²) in [6.45, 7) is 2.02. The number of aliphatic carboxylic acids is 1. The van der Waals surface area contributed by atoms with Gasteiger partial charge < -0.3 is 14.0 Å². The Morgan fingerprint density at radius 2 is 1.82 bits per heavy atom. The summed E-state index contributed by atoms with van der Waals surface area (Å²) in [7, 11) is 0. The van der Waals surface area contributed by atoms with E-state index in [-0.39, 0.29) is 5.89 Å². The Hall–Kier alpha value is -4.78. The fraction of sp³-hybridized carbons (Fsp3) is 0.0370. The van der Waals surface area contributed by atoms with E-state index in [1.54, 1.807) is 24.3 Å². The zero-order chi connectivity index (χ0) is 23.5. The third-order valence-corrected chi connectivity index (χ3v) is 5.14. The van der Waals surface area contributed by atoms with E-state index in [2.05, 4.69) is 15.1 Å². The fourth-order valence-corrected chi connectivity index (χ4v) is 3.44. The van der Waals surface area contributed by atoms with Crippen molar-refractivity contribution in [1.29, 1.82) is 0 Å². The van der Waals surface area contributed by atoms with Gasteiger partial charge in [-0.3, -0.25) is 0 Å². The number of rotatable bonds is 5. The van der Waals surface area contributed by atoms with Crippen LogP contribution in [0.5, 0.6) is 0 Å². The monoisotopic (exact) mass is 449 g/mol. The van der Waals surface area contributed by atoms with Gasteiger partial charge >= 0.3 is 5.97 Å². The molecule has 0 bridgehead atoms. The normalized spacial score (nSPS) is 12.0. The molecule has 0 unspecified atom stereocenters. The molecule has 2 aromatic heterocycles. The summed E-state index contributed by atoms with van der Waals surface area (Å²) in [6, 6.07) is 24.5. The van der Waals surface area contributed by atoms with E-state index in [0.29, 0.717) is 33.8 Å². The molecule has 1 N–H and O–H groups in total. The van der Waals surface area contributed by atoms with Gasteiger partial charge in [0.15, 0.2) is 0 Å². The van der Waals surface area contributed by atoms with Crippen LogP contribution in [-0.4, -0.2) is 21.2 Å². The predicted octanol–water partition coefficient (Wildman–Crippen LogP) is 5.79. The number of nitrogens with zero attached hydrogens (tertiary/aromatic N) is 3. The molecule has 0 fully saturated rings. The molecule has 0 atom stereocenters. The average molecular weight is 449 g/mol. The molecule has 0 amide bonds. The van der Waals surface area contributed by atoms with E-state index >= 15 is 0 Å². The standard InChI is InChI=1S/C27H19N3O4/c1-17-9-12-19(13-10-17)25-29-27(34-30-25)22-16-20-6-2-3-8-23(20)33-26(22)28-21-7-4-5-18(15-21)11-14-24(31)32/h2-16H,1H3,(H,31,32)/b14-11+,28-26?. The van der Waals surface area contributed by atoms with Gasteiger partial charge in [0.05, 0.1) is 5.69 Å². The number of aromatic nitrogens is 2. The van der Waals surface area contributed by atoms with Gasteiger partial charge in [0.2, 0.25) is 11.4 Å². The van der Waals surface area contributed by atoms with Crippen LogP contribution in [0.2, 0.25) is 0 Å². The van der Waals surface area contributed by atoms with Crippen molar-refractivity contribution in [2.45, 2.75) is 6.92 Å². The highest BCUT2D eigenvalue weighted by atomic mass is 16.5. The number of hydrogen-bond acceptors (Lipinski definition) is 6. The summed E-state index contributed by atoms with van der Waals surface area (Å²) < 4.78 is 11.7. The fourth-order valence-electron chi connectivity index (χ4n) is 3.44. The van der Waals surface area contributed by atoms with Crippen LogP contribution >= 0.6 is 0 Å². The van der Waals surface area contributed by atoms with Crippen molar-refractivity contribution in [1.82, 2.24) is 10.1 Å². The number of benzene rings is 3. The Kier molecular flexibility index (Phi) is 5.58. The minimum absolute atomic E-state index is 0.283. The third-order valence-electron chi connectivity index (χ3n) is 5.14. The first kappa shape index (κ1) is 21.1. The molecule has 0 saturated heterocycles. The number of fused-ring (bicyclic) bond motifs is 1. The summed E-state index contributed by atoms with van der Waals surface area (Å²) >= 11 is 0. The summed E-state index contributed by atoms with van der Waals surface area (Å²) in [4.78, 5) is 20.1. The second-order valence-corrected chi connectivity index (χ2v) is 7.67. The molecule has 0 radical (unpaired) electrons. The van der Waals surface area contributed by atoms with Gasteiger partial charge in [0, 0.05) is 17.0 Å². The minimum Gasteiger partial charge on any atom is -0.478 e. The smallest absolute Gasteiger partial charge is 0.328 e. The van der Waals surface area contributed by atoms with E-state index in [9.17, 15) is 4.79 Å². The summed E-state index contributed by atoms with van der Waals surface area (Å²) in [5.41, 5.74) is 4.78. The van der Waals surface area contributed by atoms with Crippen LogP contribution in [0.4, 0.5) is 5.69 Å². The highest BCUT2D eigenvalue weighted by Crippen LogP contribution is 2.24. The lowest BCUT2D eigenvalue weighted by Crippen LogP contribution is -2.05. The van der Waals surface area contributed by atoms with Crippen LogP contribution in [0, 0.1) is 6.92 Å². The SMILES string of the molecule is Cc1ccc(-c2noc(-c3cc4ccccc4oc3=Nc3cccc(/C=C/C(=O)O)c3)n2)cc1. The lowest BCUT2D eigenvalue weighted by atomic mass is 10.1. The van der Waals surface area contributed by atoms with Crippen molar-refractivity contribution >= 4 is 28.7 Å². The van der Waals surface area contributed by atoms with Crippen molar-refractivity contribution in [2.75, 3.05) is 0 Å². The molecule has 166 valence electrons. The Morgan fingerprint density at radius 3 is 2.65 bits per heavy atom. The van der Waals surface area contributed by atoms with E-state index in [1.165, 1.54) is 6.08 Å². The Balaban J connectivity index is 1.64. The first-order valence-electron chi connectivity index (χ1n) is 10.5. The van der Waals surface area contributed by atoms with Crippen LogP contribution in [0.3, 0.4) is 0 Å². The number of hydrogen-bond donors (Lipinski definition) is 1. The summed E-state index contributed by atoms with van der Waals surface area (Å²) in [5, 5.41) is 13.9. The van der Waals surface area contributed by atoms with Gasteiger partial charge in [0.25, 0.3) is 5.89 Å². The molecule has 34 heavy (non-hydrogen) atoms. The van der Waals surface area contributed by atoms with E-state index in [4.69, 9.17) is 14.0 Å². The second kappa shape index (κ2) is 8.99. The molecule has 0 aliphatic carbocycles. The predicted molar refractivity (Wildman–Crippen MR) is 128 cm³/mol. The largest absolute Gasteiger partial charge is 0.478 e. The van der Waals surface area contributed by atoms with Crippen molar-refractivity contribution in [3.8, 4) is 22.8 Å². The quantitative estimate of drug-likeness (QED) is 0.341. The molecule has 0 spiro atoms. The van der Waals surface area contributed by atoms with Crippen LogP contribution in [0.1, 0.15) is 11.1 Å².